The summed E-state index contributed by atoms with van der Waals surface area (Å²) in [6.45, 7) is 0.301. The maximum absolute atomic E-state index is 11.8. The van der Waals surface area contributed by atoms with E-state index in [1.165, 1.54) is 0 Å². The van der Waals surface area contributed by atoms with Crippen LogP contribution in [0.2, 0.25) is 5.02 Å². The first-order valence-electron chi connectivity index (χ1n) is 6.77. The van der Waals surface area contributed by atoms with E-state index in [9.17, 15) is 9.59 Å². The number of nitrogens with one attached hydrogen (secondary N) is 2. The van der Waals surface area contributed by atoms with Crippen molar-refractivity contribution >= 4 is 41.5 Å². The van der Waals surface area contributed by atoms with E-state index in [-0.39, 0.29) is 36.9 Å². The van der Waals surface area contributed by atoms with Gasteiger partial charge in [-0.15, -0.1) is 12.4 Å². The van der Waals surface area contributed by atoms with Gasteiger partial charge in [-0.3, -0.25) is 9.59 Å². The number of hydrogen-bond donors (Lipinski definition) is 3. The standard InChI is InChI=1S/C14H18ClN3O3.ClH/c15-9-1-3-10(4-2-9)18-13(19)8-17-14(20)12-6-5-11(7-16)21-12;/h1-4,11-12H,5-8,16H2,(H,17,20)(H,18,19);1H/t11-,12+;/m1./s1. The Bertz CT molecular complexity index is 511. The van der Waals surface area contributed by atoms with Gasteiger partial charge in [0.2, 0.25) is 11.8 Å². The zero-order chi connectivity index (χ0) is 15.2. The number of ether oxygens (including phenoxy) is 1. The number of hydrogen-bond acceptors (Lipinski definition) is 4. The average molecular weight is 348 g/mol. The molecular weight excluding hydrogens is 329 g/mol. The highest BCUT2D eigenvalue weighted by Crippen LogP contribution is 2.18. The molecule has 0 radical (unpaired) electrons. The first-order valence-corrected chi connectivity index (χ1v) is 7.15. The third kappa shape index (κ3) is 5.46. The van der Waals surface area contributed by atoms with Crippen molar-refractivity contribution in [1.29, 1.82) is 0 Å². The molecule has 8 heteroatoms. The lowest BCUT2D eigenvalue weighted by Gasteiger charge is -2.12. The minimum atomic E-state index is -0.512. The van der Waals surface area contributed by atoms with E-state index in [0.29, 0.717) is 23.7 Å². The van der Waals surface area contributed by atoms with Crippen LogP contribution in [0.1, 0.15) is 12.8 Å². The Labute approximate surface area is 140 Å². The van der Waals surface area contributed by atoms with Crippen LogP contribution in [0.5, 0.6) is 0 Å². The van der Waals surface area contributed by atoms with Gasteiger partial charge in [-0.2, -0.15) is 0 Å². The summed E-state index contributed by atoms with van der Waals surface area (Å²) in [4.78, 5) is 23.6. The van der Waals surface area contributed by atoms with Crippen molar-refractivity contribution in [1.82, 2.24) is 5.32 Å². The summed E-state index contributed by atoms with van der Waals surface area (Å²) in [6, 6.07) is 6.73. The molecule has 4 N–H and O–H groups in total. The molecule has 0 saturated carbocycles. The molecule has 1 fully saturated rings. The molecule has 2 rings (SSSR count). The van der Waals surface area contributed by atoms with Gasteiger partial charge in [0.05, 0.1) is 12.6 Å². The van der Waals surface area contributed by atoms with E-state index in [1.807, 2.05) is 0 Å². The molecule has 1 aromatic carbocycles. The van der Waals surface area contributed by atoms with Crippen LogP contribution in [0.3, 0.4) is 0 Å². The molecule has 122 valence electrons. The van der Waals surface area contributed by atoms with Crippen molar-refractivity contribution in [2.75, 3.05) is 18.4 Å². The summed E-state index contributed by atoms with van der Waals surface area (Å²) in [5, 5.41) is 5.81. The van der Waals surface area contributed by atoms with Crippen molar-refractivity contribution < 1.29 is 14.3 Å². The molecule has 0 aromatic heterocycles. The van der Waals surface area contributed by atoms with Gasteiger partial charge in [0.25, 0.3) is 0 Å². The molecule has 1 saturated heterocycles. The summed E-state index contributed by atoms with van der Waals surface area (Å²) < 4.78 is 5.45. The number of nitrogens with two attached hydrogens (primary N) is 1. The Balaban J connectivity index is 0.00000242. The summed E-state index contributed by atoms with van der Waals surface area (Å²) in [6.07, 6.45) is 0.823. The zero-order valence-electron chi connectivity index (χ0n) is 11.9. The molecule has 0 aliphatic carbocycles. The molecule has 6 nitrogen and oxygen atoms in total. The molecule has 2 amide bonds. The van der Waals surface area contributed by atoms with Crippen LogP contribution < -0.4 is 16.4 Å². The van der Waals surface area contributed by atoms with E-state index >= 15 is 0 Å². The average Bonchev–Trinajstić information content (AvgIpc) is 2.96. The highest BCUT2D eigenvalue weighted by Gasteiger charge is 2.29. The number of carbonyl (C=O) groups is 2. The lowest BCUT2D eigenvalue weighted by molar-refractivity contribution is -0.133. The predicted octanol–water partition coefficient (Wildman–Crippen LogP) is 1.32. The minimum Gasteiger partial charge on any atom is -0.364 e. The number of carbonyl (C=O) groups excluding carboxylic acids is 2. The number of benzene rings is 1. The number of halogens is 2. The van der Waals surface area contributed by atoms with Crippen molar-refractivity contribution in [2.24, 2.45) is 5.73 Å². The molecule has 2 atom stereocenters. The lowest BCUT2D eigenvalue weighted by Crippen LogP contribution is -2.39. The minimum absolute atomic E-state index is 0. The molecule has 0 unspecified atom stereocenters. The monoisotopic (exact) mass is 347 g/mol. The normalized spacial score (nSPS) is 20.1. The van der Waals surface area contributed by atoms with Crippen LogP contribution >= 0.6 is 24.0 Å². The number of anilines is 1. The summed E-state index contributed by atoms with van der Waals surface area (Å²) in [7, 11) is 0. The second kappa shape index (κ2) is 8.95. The number of rotatable bonds is 5. The van der Waals surface area contributed by atoms with E-state index in [4.69, 9.17) is 22.1 Å². The second-order valence-electron chi connectivity index (χ2n) is 4.83. The third-order valence-electron chi connectivity index (χ3n) is 3.21. The Kier molecular flexibility index (Phi) is 7.61. The van der Waals surface area contributed by atoms with Crippen molar-refractivity contribution in [3.05, 3.63) is 29.3 Å². The first kappa shape index (κ1) is 18.7. The maximum atomic E-state index is 11.8. The van der Waals surface area contributed by atoms with Crippen LogP contribution in [0.15, 0.2) is 24.3 Å². The molecular formula is C14H19Cl2N3O3. The third-order valence-corrected chi connectivity index (χ3v) is 3.47. The molecule has 0 spiro atoms. The van der Waals surface area contributed by atoms with Gasteiger partial charge < -0.3 is 21.1 Å². The fourth-order valence-electron chi connectivity index (χ4n) is 2.09. The largest absolute Gasteiger partial charge is 0.364 e. The van der Waals surface area contributed by atoms with Gasteiger partial charge in [0, 0.05) is 17.3 Å². The van der Waals surface area contributed by atoms with Gasteiger partial charge in [0.15, 0.2) is 0 Å². The Morgan fingerprint density at radius 3 is 2.55 bits per heavy atom. The van der Waals surface area contributed by atoms with Gasteiger partial charge in [-0.1, -0.05) is 11.6 Å². The van der Waals surface area contributed by atoms with Gasteiger partial charge in [-0.05, 0) is 37.1 Å². The van der Waals surface area contributed by atoms with E-state index in [0.717, 1.165) is 6.42 Å². The van der Waals surface area contributed by atoms with Crippen molar-refractivity contribution in [2.45, 2.75) is 25.0 Å². The topological polar surface area (TPSA) is 93.5 Å². The smallest absolute Gasteiger partial charge is 0.249 e. The van der Waals surface area contributed by atoms with E-state index in [2.05, 4.69) is 10.6 Å². The van der Waals surface area contributed by atoms with Crippen LogP contribution in [-0.4, -0.2) is 37.1 Å². The highest BCUT2D eigenvalue weighted by atomic mass is 35.5. The zero-order valence-corrected chi connectivity index (χ0v) is 13.5. The van der Waals surface area contributed by atoms with Crippen molar-refractivity contribution in [3.63, 3.8) is 0 Å². The predicted molar refractivity (Wildman–Crippen MR) is 87.3 cm³/mol. The summed E-state index contributed by atoms with van der Waals surface area (Å²) in [5.74, 6) is -0.587. The molecule has 0 bridgehead atoms. The number of amides is 2. The maximum Gasteiger partial charge on any atom is 0.249 e. The van der Waals surface area contributed by atoms with Crippen molar-refractivity contribution in [3.8, 4) is 0 Å². The van der Waals surface area contributed by atoms with E-state index in [1.54, 1.807) is 24.3 Å². The summed E-state index contributed by atoms with van der Waals surface area (Å²) in [5.41, 5.74) is 6.11. The fraction of sp³-hybridized carbons (Fsp3) is 0.429. The van der Waals surface area contributed by atoms with Gasteiger partial charge in [0.1, 0.15) is 6.10 Å². The summed E-state index contributed by atoms with van der Waals surface area (Å²) >= 11 is 5.75. The molecule has 1 aliphatic heterocycles. The van der Waals surface area contributed by atoms with Crippen LogP contribution in [-0.2, 0) is 14.3 Å². The lowest BCUT2D eigenvalue weighted by atomic mass is 10.2. The Morgan fingerprint density at radius 1 is 1.27 bits per heavy atom. The molecule has 1 aromatic rings. The Morgan fingerprint density at radius 2 is 1.95 bits per heavy atom. The van der Waals surface area contributed by atoms with Crippen LogP contribution in [0.25, 0.3) is 0 Å². The van der Waals surface area contributed by atoms with E-state index < -0.39 is 6.10 Å². The molecule has 1 heterocycles. The fourth-order valence-corrected chi connectivity index (χ4v) is 2.22. The second-order valence-corrected chi connectivity index (χ2v) is 5.27. The Hall–Kier alpha value is -1.34. The van der Waals surface area contributed by atoms with Gasteiger partial charge >= 0.3 is 0 Å². The molecule has 1 aliphatic rings. The van der Waals surface area contributed by atoms with Gasteiger partial charge in [-0.25, -0.2) is 0 Å². The molecule has 22 heavy (non-hydrogen) atoms. The highest BCUT2D eigenvalue weighted by molar-refractivity contribution is 6.30. The van der Waals surface area contributed by atoms with Crippen LogP contribution in [0.4, 0.5) is 5.69 Å². The SMILES string of the molecule is Cl.NC[C@H]1CC[C@@H](C(=O)NCC(=O)Nc2ccc(Cl)cc2)O1. The van der Waals surface area contributed by atoms with Crippen LogP contribution in [0, 0.1) is 0 Å². The first-order chi connectivity index (χ1) is 10.1. The quantitative estimate of drug-likeness (QED) is 0.748.